The Morgan fingerprint density at radius 3 is 2.89 bits per heavy atom. The molecule has 0 unspecified atom stereocenters. The van der Waals surface area contributed by atoms with E-state index in [1.54, 1.807) is 23.9 Å². The van der Waals surface area contributed by atoms with Gasteiger partial charge in [-0.3, -0.25) is 4.79 Å². The molecule has 0 aliphatic rings. The van der Waals surface area contributed by atoms with Crippen LogP contribution in [0, 0.1) is 0 Å². The van der Waals surface area contributed by atoms with Gasteiger partial charge in [-0.25, -0.2) is 4.98 Å². The maximum absolute atomic E-state index is 11.8. The topological polar surface area (TPSA) is 54.9 Å². The van der Waals surface area contributed by atoms with Crippen LogP contribution in [0.1, 0.15) is 16.2 Å². The molecule has 0 atom stereocenters. The average Bonchev–Trinajstić information content (AvgIpc) is 2.91. The van der Waals surface area contributed by atoms with E-state index in [0.717, 1.165) is 10.1 Å². The molecule has 1 heterocycles. The molecule has 0 bridgehead atoms. The molecule has 0 radical (unpaired) electrons. The van der Waals surface area contributed by atoms with Crippen molar-refractivity contribution >= 4 is 40.8 Å². The molecule has 4 nitrogen and oxygen atoms in total. The molecule has 0 saturated carbocycles. The SMILES string of the molecule is O=C(NCc1nsc(SCCCl)n1)c1ccccc1. The lowest BCUT2D eigenvalue weighted by atomic mass is 10.2. The van der Waals surface area contributed by atoms with E-state index in [1.165, 1.54) is 11.5 Å². The van der Waals surface area contributed by atoms with Crippen LogP contribution in [0.2, 0.25) is 0 Å². The number of alkyl halides is 1. The number of nitrogens with one attached hydrogen (secondary N) is 1. The van der Waals surface area contributed by atoms with Gasteiger partial charge in [0, 0.05) is 17.2 Å². The van der Waals surface area contributed by atoms with Gasteiger partial charge in [-0.2, -0.15) is 4.37 Å². The predicted octanol–water partition coefficient (Wildman–Crippen LogP) is 2.80. The van der Waals surface area contributed by atoms with Gasteiger partial charge in [-0.05, 0) is 23.7 Å². The summed E-state index contributed by atoms with van der Waals surface area (Å²) >= 11 is 8.51. The zero-order chi connectivity index (χ0) is 13.5. The Labute approximate surface area is 124 Å². The molecular formula is C12H12ClN3OS2. The number of hydrogen-bond donors (Lipinski definition) is 1. The minimum absolute atomic E-state index is 0.120. The van der Waals surface area contributed by atoms with Crippen LogP contribution in [0.25, 0.3) is 0 Å². The first-order chi connectivity index (χ1) is 9.29. The summed E-state index contributed by atoms with van der Waals surface area (Å²) in [5.74, 6) is 1.91. The van der Waals surface area contributed by atoms with Crippen molar-refractivity contribution in [2.75, 3.05) is 11.6 Å². The van der Waals surface area contributed by atoms with Crippen molar-refractivity contribution in [3.63, 3.8) is 0 Å². The van der Waals surface area contributed by atoms with Crippen molar-refractivity contribution in [3.8, 4) is 0 Å². The average molecular weight is 314 g/mol. The highest BCUT2D eigenvalue weighted by atomic mass is 35.5. The van der Waals surface area contributed by atoms with E-state index < -0.39 is 0 Å². The summed E-state index contributed by atoms with van der Waals surface area (Å²) in [7, 11) is 0. The molecule has 1 aromatic heterocycles. The summed E-state index contributed by atoms with van der Waals surface area (Å²) in [5.41, 5.74) is 0.634. The van der Waals surface area contributed by atoms with Crippen molar-refractivity contribution in [1.82, 2.24) is 14.7 Å². The number of hydrogen-bond acceptors (Lipinski definition) is 5. The second kappa shape index (κ2) is 7.47. The molecule has 1 N–H and O–H groups in total. The first-order valence-corrected chi connectivity index (χ1v) is 7.93. The molecule has 0 fully saturated rings. The highest BCUT2D eigenvalue weighted by Gasteiger charge is 2.07. The lowest BCUT2D eigenvalue weighted by molar-refractivity contribution is 0.0950. The number of amides is 1. The van der Waals surface area contributed by atoms with E-state index in [2.05, 4.69) is 14.7 Å². The van der Waals surface area contributed by atoms with Crippen LogP contribution in [0.5, 0.6) is 0 Å². The number of carbonyl (C=O) groups excluding carboxylic acids is 1. The van der Waals surface area contributed by atoms with Gasteiger partial charge < -0.3 is 5.32 Å². The standard InChI is InChI=1S/C12H12ClN3OS2/c13-6-7-18-12-15-10(16-19-12)8-14-11(17)9-4-2-1-3-5-9/h1-5H,6-8H2,(H,14,17). The Hall–Kier alpha value is -1.11. The predicted molar refractivity (Wildman–Crippen MR) is 79.0 cm³/mol. The number of benzene rings is 1. The van der Waals surface area contributed by atoms with Gasteiger partial charge in [0.05, 0.1) is 6.54 Å². The molecule has 2 aromatic rings. The molecule has 0 aliphatic carbocycles. The number of rotatable bonds is 6. The zero-order valence-corrected chi connectivity index (χ0v) is 12.4. The van der Waals surface area contributed by atoms with E-state index in [1.807, 2.05) is 18.2 Å². The summed E-state index contributed by atoms with van der Waals surface area (Å²) in [4.78, 5) is 16.1. The van der Waals surface area contributed by atoms with Gasteiger partial charge in [-0.1, -0.05) is 30.0 Å². The fourth-order valence-corrected chi connectivity index (χ4v) is 3.01. The van der Waals surface area contributed by atoms with Gasteiger partial charge in [0.15, 0.2) is 10.2 Å². The smallest absolute Gasteiger partial charge is 0.251 e. The molecule has 1 amide bonds. The summed E-state index contributed by atoms with van der Waals surface area (Å²) < 4.78 is 5.07. The van der Waals surface area contributed by atoms with Crippen LogP contribution in [0.4, 0.5) is 0 Å². The van der Waals surface area contributed by atoms with E-state index in [0.29, 0.717) is 23.8 Å². The van der Waals surface area contributed by atoms with Crippen LogP contribution in [0.15, 0.2) is 34.7 Å². The molecule has 7 heteroatoms. The third-order valence-electron chi connectivity index (χ3n) is 2.20. The van der Waals surface area contributed by atoms with Crippen LogP contribution < -0.4 is 5.32 Å². The molecule has 100 valence electrons. The van der Waals surface area contributed by atoms with Crippen LogP contribution in [0.3, 0.4) is 0 Å². The van der Waals surface area contributed by atoms with Crippen molar-refractivity contribution in [2.24, 2.45) is 0 Å². The van der Waals surface area contributed by atoms with Crippen LogP contribution >= 0.6 is 34.9 Å². The maximum atomic E-state index is 11.8. The number of halogens is 1. The summed E-state index contributed by atoms with van der Waals surface area (Å²) in [6.07, 6.45) is 0. The largest absolute Gasteiger partial charge is 0.345 e. The molecule has 0 saturated heterocycles. The molecule has 2 rings (SSSR count). The number of aromatic nitrogens is 2. The molecule has 0 aliphatic heterocycles. The Morgan fingerprint density at radius 2 is 2.16 bits per heavy atom. The molecule has 1 aromatic carbocycles. The van der Waals surface area contributed by atoms with E-state index in [4.69, 9.17) is 11.6 Å². The zero-order valence-electron chi connectivity index (χ0n) is 10.0. The fraction of sp³-hybridized carbons (Fsp3) is 0.250. The normalized spacial score (nSPS) is 10.4. The van der Waals surface area contributed by atoms with Gasteiger partial charge >= 0.3 is 0 Å². The van der Waals surface area contributed by atoms with Crippen molar-refractivity contribution < 1.29 is 4.79 Å². The summed E-state index contributed by atoms with van der Waals surface area (Å²) in [5, 5.41) is 2.79. The third kappa shape index (κ3) is 4.49. The maximum Gasteiger partial charge on any atom is 0.251 e. The second-order valence-electron chi connectivity index (χ2n) is 3.56. The van der Waals surface area contributed by atoms with Gasteiger partial charge in [-0.15, -0.1) is 11.6 Å². The first kappa shape index (κ1) is 14.3. The van der Waals surface area contributed by atoms with Gasteiger partial charge in [0.1, 0.15) is 0 Å². The molecule has 19 heavy (non-hydrogen) atoms. The van der Waals surface area contributed by atoms with Crippen LogP contribution in [-0.4, -0.2) is 26.9 Å². The Bertz CT molecular complexity index is 533. The third-order valence-corrected chi connectivity index (χ3v) is 4.48. The fourth-order valence-electron chi connectivity index (χ4n) is 1.35. The van der Waals surface area contributed by atoms with E-state index in [9.17, 15) is 4.79 Å². The lowest BCUT2D eigenvalue weighted by Gasteiger charge is -2.01. The Balaban J connectivity index is 1.85. The van der Waals surface area contributed by atoms with Crippen molar-refractivity contribution in [1.29, 1.82) is 0 Å². The van der Waals surface area contributed by atoms with Gasteiger partial charge in [0.25, 0.3) is 5.91 Å². The highest BCUT2D eigenvalue weighted by Crippen LogP contribution is 2.19. The minimum Gasteiger partial charge on any atom is -0.345 e. The van der Waals surface area contributed by atoms with Crippen molar-refractivity contribution in [3.05, 3.63) is 41.7 Å². The number of carbonyl (C=O) groups is 1. The highest BCUT2D eigenvalue weighted by molar-refractivity contribution is 8.01. The molecular weight excluding hydrogens is 302 g/mol. The Morgan fingerprint density at radius 1 is 1.37 bits per heavy atom. The van der Waals surface area contributed by atoms with E-state index in [-0.39, 0.29) is 5.91 Å². The summed E-state index contributed by atoms with van der Waals surface area (Å²) in [6.45, 7) is 0.339. The monoisotopic (exact) mass is 313 g/mol. The lowest BCUT2D eigenvalue weighted by Crippen LogP contribution is -2.23. The Kier molecular flexibility index (Phi) is 5.62. The van der Waals surface area contributed by atoms with E-state index >= 15 is 0 Å². The van der Waals surface area contributed by atoms with Crippen molar-refractivity contribution in [2.45, 2.75) is 10.9 Å². The minimum atomic E-state index is -0.120. The van der Waals surface area contributed by atoms with Gasteiger partial charge in [0.2, 0.25) is 0 Å². The summed E-state index contributed by atoms with van der Waals surface area (Å²) in [6, 6.07) is 9.07. The number of thioether (sulfide) groups is 1. The first-order valence-electron chi connectivity index (χ1n) is 5.64. The number of nitrogens with zero attached hydrogens (tertiary/aromatic N) is 2. The second-order valence-corrected chi connectivity index (χ2v) is 6.03. The van der Waals surface area contributed by atoms with Crippen LogP contribution in [-0.2, 0) is 6.54 Å². The quantitative estimate of drug-likeness (QED) is 0.658. The molecule has 0 spiro atoms.